The first-order valence-electron chi connectivity index (χ1n) is 1.000. The molecule has 0 bridgehead atoms. The van der Waals surface area contributed by atoms with Crippen LogP contribution in [0.1, 0.15) is 0 Å². The molecule has 31 valence electrons. The van der Waals surface area contributed by atoms with Gasteiger partial charge in [-0.2, -0.15) is 0 Å². The summed E-state index contributed by atoms with van der Waals surface area (Å²) < 4.78 is 0. The summed E-state index contributed by atoms with van der Waals surface area (Å²) in [7, 11) is 0. The summed E-state index contributed by atoms with van der Waals surface area (Å²) in [4.78, 5) is 0. The van der Waals surface area contributed by atoms with E-state index in [1.807, 2.05) is 0 Å². The average Bonchev–Trinajstić information content (AvgIpc) is 1.50. The SMILES string of the molecule is C=C.C=C.[Na].[Na].[Na].[Na].[Na].[Na].[Na]. The molecule has 7 heteroatoms. The molecule has 0 rings (SSSR count). The first kappa shape index (κ1) is 66.0. The van der Waals surface area contributed by atoms with Crippen LogP contribution >= 0.6 is 0 Å². The second kappa shape index (κ2) is 94.0. The minimum absolute atomic E-state index is 0. The minimum atomic E-state index is 0. The zero-order valence-corrected chi connectivity index (χ0v) is 23.8. The third kappa shape index (κ3) is 82.3. The van der Waals surface area contributed by atoms with Crippen LogP contribution in [-0.4, -0.2) is 207 Å². The van der Waals surface area contributed by atoms with Gasteiger partial charge in [-0.25, -0.2) is 0 Å². The zero-order valence-electron chi connectivity index (χ0n) is 9.83. The Morgan fingerprint density at radius 1 is 0.273 bits per heavy atom. The van der Waals surface area contributed by atoms with E-state index >= 15 is 0 Å². The Labute approximate surface area is 226 Å². The summed E-state index contributed by atoms with van der Waals surface area (Å²) in [5.74, 6) is 0. The van der Waals surface area contributed by atoms with Crippen molar-refractivity contribution in [3.63, 3.8) is 0 Å². The molecule has 7 radical (unpaired) electrons. The molecule has 0 heterocycles. The van der Waals surface area contributed by atoms with E-state index in [4.69, 9.17) is 0 Å². The molecule has 0 saturated heterocycles. The summed E-state index contributed by atoms with van der Waals surface area (Å²) >= 11 is 0. The van der Waals surface area contributed by atoms with Crippen LogP contribution in [0.3, 0.4) is 0 Å². The van der Waals surface area contributed by atoms with Crippen molar-refractivity contribution in [3.8, 4) is 0 Å². The molecule has 0 nitrogen and oxygen atoms in total. The van der Waals surface area contributed by atoms with Gasteiger partial charge in [-0.1, -0.05) is 0 Å². The summed E-state index contributed by atoms with van der Waals surface area (Å²) in [6, 6.07) is 0. The van der Waals surface area contributed by atoms with E-state index in [9.17, 15) is 0 Å². The Bertz CT molecular complexity index is 12.4. The third-order valence-electron chi connectivity index (χ3n) is 0. The van der Waals surface area contributed by atoms with Crippen LogP contribution in [-0.2, 0) is 0 Å². The van der Waals surface area contributed by atoms with Gasteiger partial charge < -0.3 is 0 Å². The van der Waals surface area contributed by atoms with Crippen LogP contribution in [0.5, 0.6) is 0 Å². The monoisotopic (exact) mass is 217 g/mol. The van der Waals surface area contributed by atoms with Gasteiger partial charge in [0.05, 0.1) is 0 Å². The molecule has 0 N–H and O–H groups in total. The van der Waals surface area contributed by atoms with Gasteiger partial charge in [0, 0.05) is 207 Å². The molecule has 0 amide bonds. The van der Waals surface area contributed by atoms with Gasteiger partial charge in [0.25, 0.3) is 0 Å². The molecule has 0 unspecified atom stereocenters. The summed E-state index contributed by atoms with van der Waals surface area (Å²) in [6.45, 7) is 12.0. The first-order valence-corrected chi connectivity index (χ1v) is 1.000. The Morgan fingerprint density at radius 3 is 0.273 bits per heavy atom. The number of hydrogen-bond donors (Lipinski definition) is 0. The molecule has 0 saturated carbocycles. The van der Waals surface area contributed by atoms with E-state index in [0.717, 1.165) is 0 Å². The second-order valence-corrected chi connectivity index (χ2v) is 0. The Balaban J connectivity index is -0.000000000635. The smallest absolute Gasteiger partial charge is 0 e. The van der Waals surface area contributed by atoms with Crippen LogP contribution in [0.2, 0.25) is 0 Å². The summed E-state index contributed by atoms with van der Waals surface area (Å²) in [5.41, 5.74) is 0. The van der Waals surface area contributed by atoms with Gasteiger partial charge in [-0.3, -0.25) is 0 Å². The fourth-order valence-corrected chi connectivity index (χ4v) is 0. The predicted molar refractivity (Wildman–Crippen MR) is 62.8 cm³/mol. The molecule has 0 aliphatic heterocycles. The topological polar surface area (TPSA) is 0 Å². The summed E-state index contributed by atoms with van der Waals surface area (Å²) in [6.07, 6.45) is 0. The van der Waals surface area contributed by atoms with Crippen molar-refractivity contribution in [1.82, 2.24) is 0 Å². The maximum absolute atomic E-state index is 3.00. The van der Waals surface area contributed by atoms with Gasteiger partial charge in [-0.05, 0) is 0 Å². The van der Waals surface area contributed by atoms with Crippen LogP contribution in [0.25, 0.3) is 0 Å². The fraction of sp³-hybridized carbons (Fsp3) is 0. The van der Waals surface area contributed by atoms with Crippen molar-refractivity contribution in [3.05, 3.63) is 26.3 Å². The molecule has 0 aromatic heterocycles. The van der Waals surface area contributed by atoms with Crippen molar-refractivity contribution in [2.45, 2.75) is 0 Å². The van der Waals surface area contributed by atoms with E-state index in [2.05, 4.69) is 26.3 Å². The third-order valence-corrected chi connectivity index (χ3v) is 0. The van der Waals surface area contributed by atoms with Crippen molar-refractivity contribution >= 4 is 207 Å². The predicted octanol–water partition coefficient (Wildman–Crippen LogP) is -1.06. The van der Waals surface area contributed by atoms with E-state index < -0.39 is 0 Å². The van der Waals surface area contributed by atoms with Crippen LogP contribution in [0, 0.1) is 0 Å². The van der Waals surface area contributed by atoms with Gasteiger partial charge in [0.15, 0.2) is 0 Å². The number of rotatable bonds is 0. The van der Waals surface area contributed by atoms with Crippen molar-refractivity contribution in [2.75, 3.05) is 0 Å². The van der Waals surface area contributed by atoms with E-state index in [1.54, 1.807) is 0 Å². The molecule has 0 aliphatic carbocycles. The number of hydrogen-bond acceptors (Lipinski definition) is 0. The first-order chi connectivity index (χ1) is 2.00. The molecule has 11 heavy (non-hydrogen) atoms. The molecule has 0 aliphatic rings. The molecule has 0 fully saturated rings. The van der Waals surface area contributed by atoms with Crippen LogP contribution < -0.4 is 0 Å². The van der Waals surface area contributed by atoms with Gasteiger partial charge in [-0.15, -0.1) is 26.3 Å². The largest absolute Gasteiger partial charge is 0.106 e. The molecule has 0 spiro atoms. The quantitative estimate of drug-likeness (QED) is 0.358. The molecular formula is C4H8Na7. The standard InChI is InChI=1S/2C2H4.7Na/c2*1-2;;;;;;;/h2*1-2H2;;;;;;;. The fourth-order valence-electron chi connectivity index (χ4n) is 0. The zero-order chi connectivity index (χ0) is 4.00. The summed E-state index contributed by atoms with van der Waals surface area (Å²) in [5, 5.41) is 0. The van der Waals surface area contributed by atoms with Gasteiger partial charge >= 0.3 is 0 Å². The van der Waals surface area contributed by atoms with Crippen molar-refractivity contribution in [2.24, 2.45) is 0 Å². The molecule has 0 aromatic rings. The Kier molecular flexibility index (Phi) is 564. The Hall–Kier alpha value is 6.48. The average molecular weight is 217 g/mol. The Morgan fingerprint density at radius 2 is 0.273 bits per heavy atom. The van der Waals surface area contributed by atoms with Crippen LogP contribution in [0.4, 0.5) is 0 Å². The normalized spacial score (nSPS) is 0.727. The van der Waals surface area contributed by atoms with E-state index in [1.165, 1.54) is 0 Å². The van der Waals surface area contributed by atoms with Crippen molar-refractivity contribution < 1.29 is 0 Å². The minimum Gasteiger partial charge on any atom is -0.106 e. The van der Waals surface area contributed by atoms with E-state index in [-0.39, 0.29) is 207 Å². The second-order valence-electron chi connectivity index (χ2n) is 0. The maximum Gasteiger partial charge on any atom is 0 e. The molecule has 0 atom stereocenters. The van der Waals surface area contributed by atoms with Crippen molar-refractivity contribution in [1.29, 1.82) is 0 Å². The van der Waals surface area contributed by atoms with Gasteiger partial charge in [0.1, 0.15) is 0 Å². The molecule has 0 aromatic carbocycles. The van der Waals surface area contributed by atoms with Gasteiger partial charge in [0.2, 0.25) is 0 Å². The van der Waals surface area contributed by atoms with Crippen LogP contribution in [0.15, 0.2) is 26.3 Å². The molecular weight excluding hydrogens is 209 g/mol. The maximum atomic E-state index is 3.00. The van der Waals surface area contributed by atoms with E-state index in [0.29, 0.717) is 0 Å².